The van der Waals surface area contributed by atoms with Gasteiger partial charge in [-0.15, -0.1) is 0 Å². The van der Waals surface area contributed by atoms with E-state index in [0.717, 1.165) is 12.1 Å². The number of hydrogen-bond donors (Lipinski definition) is 2. The van der Waals surface area contributed by atoms with Gasteiger partial charge in [0.1, 0.15) is 0 Å². The minimum Gasteiger partial charge on any atom is -0.465 e. The van der Waals surface area contributed by atoms with Gasteiger partial charge in [0.25, 0.3) is 0 Å². The van der Waals surface area contributed by atoms with E-state index >= 15 is 0 Å². The van der Waals surface area contributed by atoms with Crippen molar-refractivity contribution in [3.63, 3.8) is 0 Å². The fourth-order valence-corrected chi connectivity index (χ4v) is 3.22. The Hall–Kier alpha value is -1.54. The van der Waals surface area contributed by atoms with Crippen LogP contribution in [0.4, 0.5) is 18.0 Å². The third-order valence-corrected chi connectivity index (χ3v) is 9.61. The summed E-state index contributed by atoms with van der Waals surface area (Å²) in [6, 6.07) is 4.24. The van der Waals surface area contributed by atoms with E-state index in [1.165, 1.54) is 12.1 Å². The molecule has 1 aromatic rings. The Morgan fingerprint density at radius 2 is 1.69 bits per heavy atom. The molecule has 8 heteroatoms. The summed E-state index contributed by atoms with van der Waals surface area (Å²) in [4.78, 5) is 11.1. The van der Waals surface area contributed by atoms with Crippen LogP contribution in [-0.2, 0) is 10.6 Å². The van der Waals surface area contributed by atoms with Crippen molar-refractivity contribution in [2.75, 3.05) is 6.61 Å². The van der Waals surface area contributed by atoms with Gasteiger partial charge in [-0.25, -0.2) is 4.79 Å². The van der Waals surface area contributed by atoms with E-state index < -0.39 is 32.2 Å². The fraction of sp³-hybridized carbons (Fsp3) is 0.611. The van der Waals surface area contributed by atoms with E-state index in [1.807, 2.05) is 0 Å². The standard InChI is InChI=1S/C18H28F3NO3Si/c1-12(13-7-9-14(10-8-13)18(19,20)21)15(22-16(23)24)11-25-26(5,6)17(2,3)4/h7-10,12,15,22H,11H2,1-6H3,(H,23,24)/t12-,15-/m1/s1. The highest BCUT2D eigenvalue weighted by atomic mass is 28.4. The average molecular weight is 392 g/mol. The molecule has 1 rings (SSSR count). The highest BCUT2D eigenvalue weighted by Gasteiger charge is 2.38. The van der Waals surface area contributed by atoms with Gasteiger partial charge in [-0.3, -0.25) is 0 Å². The van der Waals surface area contributed by atoms with Gasteiger partial charge in [0.15, 0.2) is 8.32 Å². The lowest BCUT2D eigenvalue weighted by Crippen LogP contribution is -2.47. The van der Waals surface area contributed by atoms with Crippen molar-refractivity contribution in [3.05, 3.63) is 35.4 Å². The molecule has 0 saturated carbocycles. The number of rotatable bonds is 6. The molecule has 0 aliphatic carbocycles. The van der Waals surface area contributed by atoms with Gasteiger partial charge >= 0.3 is 12.3 Å². The first-order chi connectivity index (χ1) is 11.6. The van der Waals surface area contributed by atoms with Crippen molar-refractivity contribution >= 4 is 14.4 Å². The number of carbonyl (C=O) groups is 1. The third-order valence-electron chi connectivity index (χ3n) is 5.11. The van der Waals surface area contributed by atoms with Gasteiger partial charge in [0, 0.05) is 5.92 Å². The maximum absolute atomic E-state index is 12.7. The van der Waals surface area contributed by atoms with Gasteiger partial charge < -0.3 is 14.8 Å². The van der Waals surface area contributed by atoms with Gasteiger partial charge in [-0.05, 0) is 35.8 Å². The predicted molar refractivity (Wildman–Crippen MR) is 98.0 cm³/mol. The lowest BCUT2D eigenvalue weighted by atomic mass is 9.93. The summed E-state index contributed by atoms with van der Waals surface area (Å²) in [5.74, 6) is -0.335. The molecule has 0 aliphatic heterocycles. The molecule has 1 aromatic carbocycles. The Kier molecular flexibility index (Phi) is 6.92. The molecule has 0 fully saturated rings. The zero-order valence-corrected chi connectivity index (χ0v) is 17.1. The monoisotopic (exact) mass is 391 g/mol. The first-order valence-corrected chi connectivity index (χ1v) is 11.4. The topological polar surface area (TPSA) is 58.6 Å². The minimum atomic E-state index is -4.40. The van der Waals surface area contributed by atoms with E-state index in [2.05, 4.69) is 39.2 Å². The molecule has 2 N–H and O–H groups in total. The number of nitrogens with one attached hydrogen (secondary N) is 1. The number of alkyl halides is 3. The Morgan fingerprint density at radius 3 is 2.08 bits per heavy atom. The van der Waals surface area contributed by atoms with Crippen LogP contribution in [0.15, 0.2) is 24.3 Å². The second-order valence-electron chi connectivity index (χ2n) is 8.04. The maximum atomic E-state index is 12.7. The fourth-order valence-electron chi connectivity index (χ4n) is 2.19. The van der Waals surface area contributed by atoms with E-state index in [0.29, 0.717) is 5.56 Å². The molecule has 0 saturated heterocycles. The van der Waals surface area contributed by atoms with Crippen molar-refractivity contribution in [1.29, 1.82) is 0 Å². The van der Waals surface area contributed by atoms with Crippen LogP contribution in [0.2, 0.25) is 18.1 Å². The molecule has 26 heavy (non-hydrogen) atoms. The van der Waals surface area contributed by atoms with Crippen LogP contribution >= 0.6 is 0 Å². The van der Waals surface area contributed by atoms with Gasteiger partial charge in [0.05, 0.1) is 18.2 Å². The van der Waals surface area contributed by atoms with Crippen molar-refractivity contribution in [2.24, 2.45) is 0 Å². The van der Waals surface area contributed by atoms with E-state index in [1.54, 1.807) is 6.92 Å². The Bertz CT molecular complexity index is 610. The van der Waals surface area contributed by atoms with Gasteiger partial charge in [0.2, 0.25) is 0 Å². The predicted octanol–water partition coefficient (Wildman–Crippen LogP) is 5.47. The zero-order valence-electron chi connectivity index (χ0n) is 16.1. The second-order valence-corrected chi connectivity index (χ2v) is 12.8. The highest BCUT2D eigenvalue weighted by molar-refractivity contribution is 6.74. The molecule has 148 valence electrons. The molecule has 0 unspecified atom stereocenters. The number of halogens is 3. The Balaban J connectivity index is 2.96. The van der Waals surface area contributed by atoms with E-state index in [4.69, 9.17) is 9.53 Å². The van der Waals surface area contributed by atoms with Crippen LogP contribution in [0.25, 0.3) is 0 Å². The summed E-state index contributed by atoms with van der Waals surface area (Å²) in [7, 11) is -2.08. The first-order valence-electron chi connectivity index (χ1n) is 8.46. The Labute approximate surface area is 153 Å². The molecule has 0 aromatic heterocycles. The zero-order chi connectivity index (χ0) is 20.3. The van der Waals surface area contributed by atoms with Crippen LogP contribution in [0.5, 0.6) is 0 Å². The summed E-state index contributed by atoms with van der Waals surface area (Å²) in [6.45, 7) is 12.3. The Morgan fingerprint density at radius 1 is 1.19 bits per heavy atom. The maximum Gasteiger partial charge on any atom is 0.416 e. The summed E-state index contributed by atoms with van der Waals surface area (Å²) in [5, 5.41) is 11.5. The van der Waals surface area contributed by atoms with Crippen molar-refractivity contribution < 1.29 is 27.5 Å². The number of benzene rings is 1. The van der Waals surface area contributed by atoms with E-state index in [-0.39, 0.29) is 17.6 Å². The SMILES string of the molecule is C[C@H](c1ccc(C(F)(F)F)cc1)[C@@H](CO[Si](C)(C)C(C)(C)C)NC(=O)O. The van der Waals surface area contributed by atoms with Gasteiger partial charge in [-0.2, -0.15) is 13.2 Å². The van der Waals surface area contributed by atoms with Crippen LogP contribution in [-0.4, -0.2) is 32.2 Å². The largest absolute Gasteiger partial charge is 0.465 e. The highest BCUT2D eigenvalue weighted by Crippen LogP contribution is 2.37. The second kappa shape index (κ2) is 8.00. The van der Waals surface area contributed by atoms with Crippen LogP contribution < -0.4 is 5.32 Å². The quantitative estimate of drug-likeness (QED) is 0.633. The molecule has 0 aliphatic rings. The average Bonchev–Trinajstić information content (AvgIpc) is 2.48. The van der Waals surface area contributed by atoms with E-state index in [9.17, 15) is 18.0 Å². The van der Waals surface area contributed by atoms with Crippen molar-refractivity contribution in [2.45, 2.75) is 64.0 Å². The van der Waals surface area contributed by atoms with Crippen LogP contribution in [0.1, 0.15) is 44.7 Å². The number of hydrogen-bond acceptors (Lipinski definition) is 2. The lowest BCUT2D eigenvalue weighted by Gasteiger charge is -2.38. The minimum absolute atomic E-state index is 0.0294. The number of carboxylic acid groups (broad SMARTS) is 1. The summed E-state index contributed by atoms with van der Waals surface area (Å²) in [5.41, 5.74) is -0.107. The molecular formula is C18H28F3NO3Si. The molecule has 0 heterocycles. The number of amides is 1. The van der Waals surface area contributed by atoms with Crippen LogP contribution in [0, 0.1) is 0 Å². The smallest absolute Gasteiger partial charge is 0.416 e. The summed E-state index contributed by atoms with van der Waals surface area (Å²) < 4.78 is 44.2. The van der Waals surface area contributed by atoms with Crippen molar-refractivity contribution in [3.8, 4) is 0 Å². The summed E-state index contributed by atoms with van der Waals surface area (Å²) in [6.07, 6.45) is -5.58. The van der Waals surface area contributed by atoms with Crippen molar-refractivity contribution in [1.82, 2.24) is 5.32 Å². The molecule has 2 atom stereocenters. The first kappa shape index (κ1) is 22.5. The van der Waals surface area contributed by atoms with Gasteiger partial charge in [-0.1, -0.05) is 39.8 Å². The summed E-state index contributed by atoms with van der Waals surface area (Å²) >= 11 is 0. The van der Waals surface area contributed by atoms with Crippen LogP contribution in [0.3, 0.4) is 0 Å². The molecule has 1 amide bonds. The normalized spacial score (nSPS) is 15.4. The molecule has 0 radical (unpaired) electrons. The molecule has 0 bridgehead atoms. The molecule has 0 spiro atoms. The third kappa shape index (κ3) is 6.02. The molecular weight excluding hydrogens is 363 g/mol. The lowest BCUT2D eigenvalue weighted by molar-refractivity contribution is -0.137. The molecule has 4 nitrogen and oxygen atoms in total.